The largest absolute Gasteiger partial charge is 0.494 e. The first-order valence-electron chi connectivity index (χ1n) is 12.3. The van der Waals surface area contributed by atoms with Crippen molar-refractivity contribution < 1.29 is 27.5 Å². The molecule has 1 saturated heterocycles. The quantitative estimate of drug-likeness (QED) is 0.462. The van der Waals surface area contributed by atoms with Crippen molar-refractivity contribution in [3.63, 3.8) is 0 Å². The minimum atomic E-state index is -4.61. The van der Waals surface area contributed by atoms with Gasteiger partial charge in [-0.05, 0) is 42.2 Å². The zero-order valence-electron chi connectivity index (χ0n) is 20.7. The second kappa shape index (κ2) is 10.3. The maximum absolute atomic E-state index is 13.8. The number of piperidine rings is 1. The van der Waals surface area contributed by atoms with Crippen LogP contribution in [0.5, 0.6) is 5.75 Å². The molecule has 3 aromatic rings. The number of hydrogen-bond acceptors (Lipinski definition) is 7. The van der Waals surface area contributed by atoms with Crippen molar-refractivity contribution in [3.05, 3.63) is 65.0 Å². The van der Waals surface area contributed by atoms with Gasteiger partial charge < -0.3 is 20.3 Å². The fourth-order valence-corrected chi connectivity index (χ4v) is 4.82. The van der Waals surface area contributed by atoms with Crippen molar-refractivity contribution >= 4 is 34.7 Å². The molecule has 1 amide bonds. The van der Waals surface area contributed by atoms with Gasteiger partial charge in [0.2, 0.25) is 11.9 Å². The predicted molar refractivity (Wildman–Crippen MR) is 136 cm³/mol. The first kappa shape index (κ1) is 25.5. The summed E-state index contributed by atoms with van der Waals surface area (Å²) in [7, 11) is 1.50. The lowest BCUT2D eigenvalue weighted by Gasteiger charge is -2.28. The minimum Gasteiger partial charge on any atom is -0.494 e. The molecule has 0 atom stereocenters. The second-order valence-corrected chi connectivity index (χ2v) is 9.26. The van der Waals surface area contributed by atoms with E-state index in [0.717, 1.165) is 23.0 Å². The van der Waals surface area contributed by atoms with Gasteiger partial charge in [-0.25, -0.2) is 9.97 Å². The molecule has 2 aliphatic heterocycles. The van der Waals surface area contributed by atoms with Crippen LogP contribution in [-0.4, -0.2) is 41.9 Å². The Hall–Kier alpha value is -4.15. The minimum absolute atomic E-state index is 0.0118. The highest BCUT2D eigenvalue weighted by Gasteiger charge is 2.35. The Labute approximate surface area is 217 Å². The topological polar surface area (TPSA) is 96.5 Å². The number of ketones is 1. The number of amides is 1. The average Bonchev–Trinajstić information content (AvgIpc) is 3.28. The molecular weight excluding hydrogens is 499 g/mol. The summed E-state index contributed by atoms with van der Waals surface area (Å²) < 4.78 is 46.8. The lowest BCUT2D eigenvalue weighted by molar-refractivity contribution is -0.138. The van der Waals surface area contributed by atoms with Crippen LogP contribution in [0.3, 0.4) is 0 Å². The molecule has 0 aliphatic carbocycles. The Morgan fingerprint density at radius 3 is 2.63 bits per heavy atom. The van der Waals surface area contributed by atoms with Gasteiger partial charge in [0, 0.05) is 49.6 Å². The summed E-state index contributed by atoms with van der Waals surface area (Å²) in [4.78, 5) is 33.6. The number of carbonyl (C=O) groups excluding carboxylic acids is 2. The summed E-state index contributed by atoms with van der Waals surface area (Å²) >= 11 is 0. The van der Waals surface area contributed by atoms with Crippen LogP contribution in [0.25, 0.3) is 0 Å². The molecule has 0 spiro atoms. The molecule has 3 heterocycles. The smallest absolute Gasteiger partial charge is 0.419 e. The number of benzene rings is 2. The van der Waals surface area contributed by atoms with Crippen molar-refractivity contribution in [3.8, 4) is 5.75 Å². The molecule has 11 heteroatoms. The van der Waals surface area contributed by atoms with Crippen molar-refractivity contribution in [1.29, 1.82) is 0 Å². The van der Waals surface area contributed by atoms with Crippen LogP contribution in [0, 0.1) is 0 Å². The molecule has 1 fully saturated rings. The first-order chi connectivity index (χ1) is 18.2. The molecule has 2 N–H and O–H groups in total. The number of fused-ring (bicyclic) bond motifs is 1. The lowest BCUT2D eigenvalue weighted by atomic mass is 9.98. The Bertz CT molecular complexity index is 1380. The summed E-state index contributed by atoms with van der Waals surface area (Å²) in [6.45, 7) is 1.24. The average molecular weight is 526 g/mol. The molecular formula is C27H26F3N5O3. The van der Waals surface area contributed by atoms with Crippen LogP contribution in [0.4, 0.5) is 36.2 Å². The van der Waals surface area contributed by atoms with E-state index >= 15 is 0 Å². The summed E-state index contributed by atoms with van der Waals surface area (Å²) in [5, 5.41) is 5.74. The molecule has 38 heavy (non-hydrogen) atoms. The fraction of sp³-hybridized carbons (Fsp3) is 0.333. The molecule has 8 nitrogen and oxygen atoms in total. The third-order valence-electron chi connectivity index (χ3n) is 6.81. The van der Waals surface area contributed by atoms with Crippen LogP contribution in [0.1, 0.15) is 35.2 Å². The van der Waals surface area contributed by atoms with Gasteiger partial charge in [0.15, 0.2) is 0 Å². The molecule has 0 unspecified atom stereocenters. The first-order valence-corrected chi connectivity index (χ1v) is 12.3. The highest BCUT2D eigenvalue weighted by Crippen LogP contribution is 2.35. The standard InChI is InChI=1S/C27H26F3N5O3/c1-38-24-13-17(35-11-9-18(36)10-12-35)6-8-23(24)34-26-31-15-20(27(28,29)30)22(33-26)7-5-16-3-2-4-21-19(16)14-25(37)32-21/h2-4,6,8,13,15H,5,7,9-12,14H2,1H3,(H,32,37)(H,31,33,34). The monoisotopic (exact) mass is 525 g/mol. The van der Waals surface area contributed by atoms with Gasteiger partial charge in [-0.3, -0.25) is 9.59 Å². The van der Waals surface area contributed by atoms with Crippen molar-refractivity contribution in [2.75, 3.05) is 35.7 Å². The summed E-state index contributed by atoms with van der Waals surface area (Å²) in [5.74, 6) is 0.591. The number of nitrogens with one attached hydrogen (secondary N) is 2. The Kier molecular flexibility index (Phi) is 6.92. The number of methoxy groups -OCH3 is 1. The number of hydrogen-bond donors (Lipinski definition) is 2. The highest BCUT2D eigenvalue weighted by atomic mass is 19.4. The van der Waals surface area contributed by atoms with E-state index < -0.39 is 11.7 Å². The van der Waals surface area contributed by atoms with Gasteiger partial charge in [0.1, 0.15) is 11.5 Å². The van der Waals surface area contributed by atoms with Gasteiger partial charge >= 0.3 is 6.18 Å². The normalized spacial score (nSPS) is 15.3. The zero-order chi connectivity index (χ0) is 26.9. The SMILES string of the molecule is COc1cc(N2CCC(=O)CC2)ccc1Nc1ncc(C(F)(F)F)c(CCc2cccc3c2CC(=O)N3)n1. The van der Waals surface area contributed by atoms with Gasteiger partial charge in [0.25, 0.3) is 0 Å². The number of anilines is 4. The number of aromatic nitrogens is 2. The molecule has 198 valence electrons. The third-order valence-corrected chi connectivity index (χ3v) is 6.81. The number of carbonyl (C=O) groups is 2. The van der Waals surface area contributed by atoms with E-state index in [2.05, 4.69) is 25.5 Å². The molecule has 0 radical (unpaired) electrons. The lowest BCUT2D eigenvalue weighted by Crippen LogP contribution is -2.33. The third kappa shape index (κ3) is 5.41. The molecule has 0 saturated carbocycles. The number of nitrogens with zero attached hydrogens (tertiary/aromatic N) is 3. The highest BCUT2D eigenvalue weighted by molar-refractivity contribution is 5.99. The van der Waals surface area contributed by atoms with E-state index in [4.69, 9.17) is 4.74 Å². The summed E-state index contributed by atoms with van der Waals surface area (Å²) in [6.07, 6.45) is -2.34. The van der Waals surface area contributed by atoms with Crippen LogP contribution in [0.15, 0.2) is 42.6 Å². The Morgan fingerprint density at radius 1 is 1.11 bits per heavy atom. The maximum atomic E-state index is 13.8. The predicted octanol–water partition coefficient (Wildman–Crippen LogP) is 4.70. The van der Waals surface area contributed by atoms with Gasteiger partial charge in [0.05, 0.1) is 30.5 Å². The van der Waals surface area contributed by atoms with E-state index in [9.17, 15) is 22.8 Å². The Balaban J connectivity index is 1.38. The summed E-state index contributed by atoms with van der Waals surface area (Å²) in [5.41, 5.74) is 2.66. The summed E-state index contributed by atoms with van der Waals surface area (Å²) in [6, 6.07) is 10.8. The van der Waals surface area contributed by atoms with Crippen LogP contribution in [0.2, 0.25) is 0 Å². The van der Waals surface area contributed by atoms with Crippen molar-refractivity contribution in [2.45, 2.75) is 38.3 Å². The molecule has 5 rings (SSSR count). The number of halogens is 3. The maximum Gasteiger partial charge on any atom is 0.419 e. The van der Waals surface area contributed by atoms with Crippen molar-refractivity contribution in [1.82, 2.24) is 9.97 Å². The number of ether oxygens (including phenoxy) is 1. The number of rotatable bonds is 7. The van der Waals surface area contributed by atoms with Crippen molar-refractivity contribution in [2.24, 2.45) is 0 Å². The fourth-order valence-electron chi connectivity index (χ4n) is 4.82. The number of alkyl halides is 3. The molecule has 1 aromatic heterocycles. The molecule has 2 aliphatic rings. The van der Waals surface area contributed by atoms with Gasteiger partial charge in [-0.15, -0.1) is 0 Å². The molecule has 2 aromatic carbocycles. The van der Waals surface area contributed by atoms with Crippen LogP contribution in [-0.2, 0) is 35.0 Å². The Morgan fingerprint density at radius 2 is 1.89 bits per heavy atom. The number of Topliss-reactive ketones (excluding diaryl/α,β-unsaturated/α-hetero) is 1. The van der Waals surface area contributed by atoms with Gasteiger partial charge in [-0.1, -0.05) is 12.1 Å². The van der Waals surface area contributed by atoms with Gasteiger partial charge in [-0.2, -0.15) is 13.2 Å². The molecule has 0 bridgehead atoms. The zero-order valence-corrected chi connectivity index (χ0v) is 20.7. The van der Waals surface area contributed by atoms with E-state index in [1.54, 1.807) is 18.2 Å². The van der Waals surface area contributed by atoms with E-state index in [1.807, 2.05) is 18.2 Å². The van der Waals surface area contributed by atoms with E-state index in [1.165, 1.54) is 7.11 Å². The van der Waals surface area contributed by atoms with Crippen LogP contribution < -0.4 is 20.3 Å². The second-order valence-electron chi connectivity index (χ2n) is 9.26. The number of aryl methyl sites for hydroxylation is 2. The van der Waals surface area contributed by atoms with E-state index in [-0.39, 0.29) is 42.6 Å². The van der Waals surface area contributed by atoms with E-state index in [0.29, 0.717) is 43.1 Å². The van der Waals surface area contributed by atoms with Crippen LogP contribution >= 0.6 is 0 Å².